The first kappa shape index (κ1) is 26.1. The molecule has 0 aromatic carbocycles. The Balaban J connectivity index is -0.0000000937. The van der Waals surface area contributed by atoms with Crippen LogP contribution in [0.5, 0.6) is 0 Å². The van der Waals surface area contributed by atoms with Gasteiger partial charge in [-0.25, -0.2) is 6.57 Å². The van der Waals surface area contributed by atoms with E-state index in [-0.39, 0.29) is 19.5 Å². The Hall–Kier alpha value is -0.547. The van der Waals surface area contributed by atoms with Crippen molar-refractivity contribution >= 4 is 13.6 Å². The molecule has 1 aliphatic carbocycles. The van der Waals surface area contributed by atoms with Gasteiger partial charge >= 0.3 is 19.5 Å². The summed E-state index contributed by atoms with van der Waals surface area (Å²) in [6.07, 6.45) is 6.74. The van der Waals surface area contributed by atoms with Crippen LogP contribution in [0.25, 0.3) is 4.85 Å². The van der Waals surface area contributed by atoms with E-state index in [2.05, 4.69) is 39.2 Å². The van der Waals surface area contributed by atoms with Crippen LogP contribution in [0.1, 0.15) is 52.9 Å². The number of carbonyl (C=O) groups excluding carboxylic acids is 2. The second kappa shape index (κ2) is 25.3. The molecule has 1 rings (SSSR count). The smallest absolute Gasteiger partial charge is 0.545 e. The monoisotopic (exact) mass is 340 g/mol. The van der Waals surface area contributed by atoms with Crippen LogP contribution in [-0.2, 0) is 29.1 Å². The van der Waals surface area contributed by atoms with Crippen LogP contribution in [0.15, 0.2) is 0 Å². The van der Waals surface area contributed by atoms with Gasteiger partial charge in [0.2, 0.25) is 6.54 Å². The van der Waals surface area contributed by atoms with Gasteiger partial charge in [0, 0.05) is 5.92 Å². The fourth-order valence-electron chi connectivity index (χ4n) is 1.50. The van der Waals surface area contributed by atoms with Crippen LogP contribution in [0.3, 0.4) is 0 Å². The van der Waals surface area contributed by atoms with E-state index in [1.54, 1.807) is 0 Å². The molecule has 0 aromatic heterocycles. The van der Waals surface area contributed by atoms with Gasteiger partial charge in [-0.3, -0.25) is 13.6 Å². The van der Waals surface area contributed by atoms with E-state index in [0.29, 0.717) is 0 Å². The van der Waals surface area contributed by atoms with Crippen LogP contribution in [0.4, 0.5) is 0 Å². The Morgan fingerprint density at radius 3 is 1.67 bits per heavy atom. The van der Waals surface area contributed by atoms with E-state index < -0.39 is 0 Å². The summed E-state index contributed by atoms with van der Waals surface area (Å²) in [6, 6.07) is 0. The normalized spacial score (nSPS) is 13.1. The topological polar surface area (TPSA) is 38.5 Å². The molecule has 0 atom stereocenters. The van der Waals surface area contributed by atoms with Crippen molar-refractivity contribution in [1.29, 1.82) is 0 Å². The van der Waals surface area contributed by atoms with Crippen molar-refractivity contribution in [3.05, 3.63) is 17.3 Å². The Morgan fingerprint density at radius 2 is 1.39 bits per heavy atom. The first-order chi connectivity index (χ1) is 8.16. The third kappa shape index (κ3) is 29.5. The minimum absolute atomic E-state index is 0. The van der Waals surface area contributed by atoms with Crippen molar-refractivity contribution in [2.24, 2.45) is 5.92 Å². The zero-order chi connectivity index (χ0) is 14.1. The molecule has 0 unspecified atom stereocenters. The second-order valence-corrected chi connectivity index (χ2v) is 4.34. The third-order valence-electron chi connectivity index (χ3n) is 2.07. The average molecular weight is 339 g/mol. The molecule has 104 valence electrons. The van der Waals surface area contributed by atoms with Gasteiger partial charge in [-0.1, -0.05) is 19.3 Å². The van der Waals surface area contributed by atoms with E-state index in [0.717, 1.165) is 12.5 Å². The molecule has 1 fully saturated rings. The average Bonchev–Trinajstić information content (AvgIpc) is 2.35. The molecular formula is C14H24NO2Ru+. The summed E-state index contributed by atoms with van der Waals surface area (Å²) in [5.74, 6) is 2.16. The largest absolute Gasteiger partial charge is 4.00 e. The molecule has 0 bridgehead atoms. The van der Waals surface area contributed by atoms with Crippen molar-refractivity contribution in [2.75, 3.05) is 6.54 Å². The predicted octanol–water partition coefficient (Wildman–Crippen LogP) is 3.56. The molecule has 0 aliphatic heterocycles. The summed E-state index contributed by atoms with van der Waals surface area (Å²) >= 11 is 0. The molecule has 0 heterocycles. The second-order valence-electron chi connectivity index (χ2n) is 4.34. The van der Waals surface area contributed by atoms with Gasteiger partial charge in [-0.15, -0.1) is 0 Å². The zero-order valence-electron chi connectivity index (χ0n) is 11.6. The molecular weight excluding hydrogens is 315 g/mol. The molecule has 3 nitrogen and oxygen atoms in total. The molecule has 0 saturated heterocycles. The van der Waals surface area contributed by atoms with Crippen LogP contribution >= 0.6 is 0 Å². The maximum atomic E-state index is 7.75. The van der Waals surface area contributed by atoms with E-state index in [4.69, 9.17) is 16.2 Å². The number of nitrogens with zero attached hydrogens (tertiary/aromatic N) is 1. The maximum Gasteiger partial charge on any atom is 4.00 e. The number of hydrogen-bond acceptors (Lipinski definition) is 2. The minimum atomic E-state index is 0. The van der Waals surface area contributed by atoms with Crippen LogP contribution < -0.4 is 0 Å². The number of hydrogen-bond donors (Lipinski definition) is 0. The summed E-state index contributed by atoms with van der Waals surface area (Å²) < 4.78 is 0. The third-order valence-corrected chi connectivity index (χ3v) is 2.07. The van der Waals surface area contributed by atoms with Crippen LogP contribution in [0, 0.1) is 18.4 Å². The fraction of sp³-hybridized carbons (Fsp3) is 0.714. The molecule has 1 aliphatic rings. The molecule has 0 amide bonds. The van der Waals surface area contributed by atoms with E-state index in [1.807, 2.05) is 0 Å². The zero-order valence-corrected chi connectivity index (χ0v) is 13.3. The molecule has 0 N–H and O–H groups in total. The standard InChI is InChI=1S/C8H13N.C4H9.2CHO.Ru/c1-9-7-8-5-3-2-4-6-8;1-4(2)3;2*1-2;/h8H,2-7H2;1-3H3;2*1H;/q;3*-1;+4. The summed E-state index contributed by atoms with van der Waals surface area (Å²) in [4.78, 5) is 18.9. The van der Waals surface area contributed by atoms with Crippen molar-refractivity contribution in [3.63, 3.8) is 0 Å². The quantitative estimate of drug-likeness (QED) is 0.416. The van der Waals surface area contributed by atoms with Crippen molar-refractivity contribution in [1.82, 2.24) is 0 Å². The molecule has 1 saturated carbocycles. The molecule has 0 spiro atoms. The van der Waals surface area contributed by atoms with Gasteiger partial charge in [0.15, 0.2) is 0 Å². The molecule has 0 radical (unpaired) electrons. The van der Waals surface area contributed by atoms with Gasteiger partial charge in [0.25, 0.3) is 0 Å². The van der Waals surface area contributed by atoms with E-state index in [1.165, 1.54) is 38.0 Å². The Kier molecular flexibility index (Phi) is 36.7. The summed E-state index contributed by atoms with van der Waals surface area (Å²) in [5, 5.41) is 0. The maximum absolute atomic E-state index is 7.75. The first-order valence-electron chi connectivity index (χ1n) is 5.74. The van der Waals surface area contributed by atoms with Crippen molar-refractivity contribution < 1.29 is 29.1 Å². The fourth-order valence-corrected chi connectivity index (χ4v) is 1.50. The minimum Gasteiger partial charge on any atom is -0.545 e. The molecule has 18 heavy (non-hydrogen) atoms. The van der Waals surface area contributed by atoms with Gasteiger partial charge in [-0.2, -0.15) is 20.8 Å². The predicted molar refractivity (Wildman–Crippen MR) is 71.8 cm³/mol. The van der Waals surface area contributed by atoms with E-state index >= 15 is 0 Å². The van der Waals surface area contributed by atoms with Gasteiger partial charge in [-0.05, 0) is 12.8 Å². The number of rotatable bonds is 1. The van der Waals surface area contributed by atoms with Crippen molar-refractivity contribution in [3.8, 4) is 0 Å². The SMILES string of the molecule is C[C-](C)C.[C-]#[N+]CC1CCCCC1.[CH-]=O.[CH-]=O.[Ru+4]. The van der Waals surface area contributed by atoms with Gasteiger partial charge < -0.3 is 20.4 Å². The summed E-state index contributed by atoms with van der Waals surface area (Å²) in [6.45, 7) is 20.2. The van der Waals surface area contributed by atoms with Gasteiger partial charge in [0.1, 0.15) is 0 Å². The summed E-state index contributed by atoms with van der Waals surface area (Å²) in [5.41, 5.74) is 0. The van der Waals surface area contributed by atoms with Crippen LogP contribution in [-0.4, -0.2) is 20.1 Å². The Labute approximate surface area is 125 Å². The van der Waals surface area contributed by atoms with Crippen LogP contribution in [0.2, 0.25) is 0 Å². The summed E-state index contributed by atoms with van der Waals surface area (Å²) in [7, 11) is 0. The van der Waals surface area contributed by atoms with E-state index in [9.17, 15) is 0 Å². The van der Waals surface area contributed by atoms with Gasteiger partial charge in [0.05, 0.1) is 0 Å². The Morgan fingerprint density at radius 1 is 1.06 bits per heavy atom. The molecule has 0 aromatic rings. The molecule has 4 heteroatoms. The van der Waals surface area contributed by atoms with Crippen molar-refractivity contribution in [2.45, 2.75) is 52.9 Å². The first-order valence-corrected chi connectivity index (χ1v) is 5.74. The Bertz CT molecular complexity index is 170.